The van der Waals surface area contributed by atoms with Gasteiger partial charge in [0.1, 0.15) is 6.17 Å². The molecule has 0 saturated carbocycles. The molecule has 5 rings (SSSR count). The molecular formula is C29H37N5O2. The summed E-state index contributed by atoms with van der Waals surface area (Å²) in [6.07, 6.45) is 1.02. The quantitative estimate of drug-likeness (QED) is 0.550. The summed E-state index contributed by atoms with van der Waals surface area (Å²) >= 11 is 0. The molecule has 190 valence electrons. The second kappa shape index (κ2) is 9.28. The van der Waals surface area contributed by atoms with Crippen molar-refractivity contribution in [3.8, 4) is 0 Å². The average Bonchev–Trinajstić information content (AvgIpc) is 3.17. The Morgan fingerprint density at radius 3 is 2.61 bits per heavy atom. The number of anilines is 1. The number of aryl methyl sites for hydroxylation is 1. The van der Waals surface area contributed by atoms with Gasteiger partial charge < -0.3 is 24.6 Å². The van der Waals surface area contributed by atoms with Crippen LogP contribution >= 0.6 is 0 Å². The van der Waals surface area contributed by atoms with Gasteiger partial charge >= 0.3 is 0 Å². The van der Waals surface area contributed by atoms with Gasteiger partial charge in [-0.25, -0.2) is 0 Å². The fraction of sp³-hybridized carbons (Fsp3) is 0.448. The fourth-order valence-corrected chi connectivity index (χ4v) is 6.10. The summed E-state index contributed by atoms with van der Waals surface area (Å²) in [5, 5.41) is 4.37. The number of para-hydroxylation sites is 2. The monoisotopic (exact) mass is 487 g/mol. The van der Waals surface area contributed by atoms with Crippen molar-refractivity contribution < 1.29 is 9.59 Å². The lowest BCUT2D eigenvalue weighted by molar-refractivity contribution is -0.121. The van der Waals surface area contributed by atoms with E-state index in [9.17, 15) is 9.59 Å². The molecule has 36 heavy (non-hydrogen) atoms. The Morgan fingerprint density at radius 2 is 1.83 bits per heavy atom. The highest BCUT2D eigenvalue weighted by molar-refractivity contribution is 6.02. The maximum absolute atomic E-state index is 13.5. The third-order valence-electron chi connectivity index (χ3n) is 7.48. The first-order valence-corrected chi connectivity index (χ1v) is 12.8. The summed E-state index contributed by atoms with van der Waals surface area (Å²) in [5.41, 5.74) is 5.26. The van der Waals surface area contributed by atoms with E-state index in [1.165, 1.54) is 10.9 Å². The van der Waals surface area contributed by atoms with E-state index in [0.717, 1.165) is 35.4 Å². The molecule has 2 aromatic carbocycles. The van der Waals surface area contributed by atoms with Gasteiger partial charge in [0.05, 0.1) is 16.9 Å². The zero-order valence-corrected chi connectivity index (χ0v) is 22.0. The molecule has 7 heteroatoms. The molecule has 0 bridgehead atoms. The van der Waals surface area contributed by atoms with Crippen molar-refractivity contribution in [2.45, 2.75) is 39.4 Å². The van der Waals surface area contributed by atoms with Crippen LogP contribution in [0, 0.1) is 5.41 Å². The SMILES string of the molecule is CN(C)CC(C)(C)CNC(=O)CCn1c2c(c3ccccc31)CCN1C(=O)c3ccccc3N(C)[C@@H]21. The lowest BCUT2D eigenvalue weighted by Gasteiger charge is -2.46. The van der Waals surface area contributed by atoms with Gasteiger partial charge in [-0.15, -0.1) is 0 Å². The molecule has 2 aliphatic heterocycles. The Bertz CT molecular complexity index is 1310. The Labute approximate surface area is 213 Å². The van der Waals surface area contributed by atoms with Crippen LogP contribution in [0.15, 0.2) is 48.5 Å². The zero-order valence-electron chi connectivity index (χ0n) is 22.0. The van der Waals surface area contributed by atoms with E-state index >= 15 is 0 Å². The highest BCUT2D eigenvalue weighted by Gasteiger charge is 2.42. The second-order valence-electron chi connectivity index (χ2n) is 11.2. The minimum Gasteiger partial charge on any atom is -0.355 e. The topological polar surface area (TPSA) is 60.8 Å². The van der Waals surface area contributed by atoms with E-state index in [2.05, 4.69) is 78.9 Å². The minimum absolute atomic E-state index is 0.00245. The van der Waals surface area contributed by atoms with Crippen LogP contribution in [0.2, 0.25) is 0 Å². The summed E-state index contributed by atoms with van der Waals surface area (Å²) in [6, 6.07) is 16.3. The number of benzene rings is 2. The van der Waals surface area contributed by atoms with E-state index in [1.54, 1.807) is 0 Å². The number of fused-ring (bicyclic) bond motifs is 6. The number of hydrogen-bond acceptors (Lipinski definition) is 4. The molecule has 0 unspecified atom stereocenters. The lowest BCUT2D eigenvalue weighted by Crippen LogP contribution is -2.51. The first-order chi connectivity index (χ1) is 17.2. The molecular weight excluding hydrogens is 450 g/mol. The van der Waals surface area contributed by atoms with Gasteiger partial charge in [0.25, 0.3) is 5.91 Å². The van der Waals surface area contributed by atoms with Crippen LogP contribution in [0.4, 0.5) is 5.69 Å². The van der Waals surface area contributed by atoms with Crippen LogP contribution < -0.4 is 10.2 Å². The van der Waals surface area contributed by atoms with Crippen LogP contribution in [0.3, 0.4) is 0 Å². The molecule has 0 aliphatic carbocycles. The molecule has 0 radical (unpaired) electrons. The molecule has 0 fully saturated rings. The molecule has 0 spiro atoms. The van der Waals surface area contributed by atoms with Crippen LogP contribution in [0.25, 0.3) is 10.9 Å². The number of carbonyl (C=O) groups is 2. The first kappa shape index (κ1) is 24.4. The van der Waals surface area contributed by atoms with E-state index < -0.39 is 0 Å². The summed E-state index contributed by atoms with van der Waals surface area (Å²) in [5.74, 6) is 0.136. The minimum atomic E-state index is -0.189. The molecule has 3 aromatic rings. The van der Waals surface area contributed by atoms with Gasteiger partial charge in [-0.3, -0.25) is 9.59 Å². The predicted molar refractivity (Wildman–Crippen MR) is 144 cm³/mol. The van der Waals surface area contributed by atoms with Crippen LogP contribution in [0.1, 0.15) is 48.0 Å². The molecule has 0 saturated heterocycles. The number of hydrogen-bond donors (Lipinski definition) is 1. The van der Waals surface area contributed by atoms with Crippen molar-refractivity contribution in [2.75, 3.05) is 45.7 Å². The normalized spacial score (nSPS) is 17.3. The van der Waals surface area contributed by atoms with Crippen molar-refractivity contribution in [3.05, 3.63) is 65.4 Å². The summed E-state index contributed by atoms with van der Waals surface area (Å²) < 4.78 is 2.28. The van der Waals surface area contributed by atoms with Crippen molar-refractivity contribution in [1.82, 2.24) is 19.7 Å². The standard InChI is InChI=1S/C29H37N5O2/c1-29(2,19-31(3)4)18-30-25(35)15-17-33-24-13-9-6-10-20(24)21-14-16-34-27(26(21)33)32(5)23-12-8-7-11-22(23)28(34)36/h6-13,27H,14-19H2,1-5H3,(H,30,35)/t27-/m1/s1. The van der Waals surface area contributed by atoms with Crippen molar-refractivity contribution in [3.63, 3.8) is 0 Å². The highest BCUT2D eigenvalue weighted by atomic mass is 16.2. The average molecular weight is 488 g/mol. The first-order valence-electron chi connectivity index (χ1n) is 12.8. The van der Waals surface area contributed by atoms with Gasteiger partial charge in [-0.1, -0.05) is 44.2 Å². The van der Waals surface area contributed by atoms with Crippen LogP contribution in [-0.4, -0.2) is 67.0 Å². The fourth-order valence-electron chi connectivity index (χ4n) is 6.10. The maximum atomic E-state index is 13.5. The number of amides is 2. The molecule has 1 aromatic heterocycles. The van der Waals surface area contributed by atoms with E-state index in [0.29, 0.717) is 26.1 Å². The number of rotatable bonds is 7. The summed E-state index contributed by atoms with van der Waals surface area (Å²) in [7, 11) is 6.18. The smallest absolute Gasteiger partial charge is 0.257 e. The van der Waals surface area contributed by atoms with Crippen LogP contribution in [-0.2, 0) is 17.8 Å². The van der Waals surface area contributed by atoms with E-state index in [1.807, 2.05) is 29.2 Å². The largest absolute Gasteiger partial charge is 0.355 e. The van der Waals surface area contributed by atoms with Gasteiger partial charge in [-0.05, 0) is 49.7 Å². The molecule has 2 aliphatic rings. The Kier molecular flexibility index (Phi) is 6.29. The Hall–Kier alpha value is -3.32. The number of nitrogens with one attached hydrogen (secondary N) is 1. The van der Waals surface area contributed by atoms with Crippen molar-refractivity contribution in [1.29, 1.82) is 0 Å². The third kappa shape index (κ3) is 4.26. The van der Waals surface area contributed by atoms with Gasteiger partial charge in [0, 0.05) is 50.6 Å². The maximum Gasteiger partial charge on any atom is 0.257 e. The van der Waals surface area contributed by atoms with Gasteiger partial charge in [0.2, 0.25) is 5.91 Å². The van der Waals surface area contributed by atoms with Gasteiger partial charge in [-0.2, -0.15) is 0 Å². The lowest BCUT2D eigenvalue weighted by atomic mass is 9.93. The van der Waals surface area contributed by atoms with Gasteiger partial charge in [0.15, 0.2) is 0 Å². The number of nitrogens with zero attached hydrogens (tertiary/aromatic N) is 4. The van der Waals surface area contributed by atoms with Crippen LogP contribution in [0.5, 0.6) is 0 Å². The Morgan fingerprint density at radius 1 is 1.11 bits per heavy atom. The second-order valence-corrected chi connectivity index (χ2v) is 11.2. The molecule has 1 N–H and O–H groups in total. The highest BCUT2D eigenvalue weighted by Crippen LogP contribution is 2.44. The number of carbonyl (C=O) groups excluding carboxylic acids is 2. The molecule has 1 atom stereocenters. The summed E-state index contributed by atoms with van der Waals surface area (Å²) in [4.78, 5) is 32.8. The zero-order chi connectivity index (χ0) is 25.6. The van der Waals surface area contributed by atoms with E-state index in [4.69, 9.17) is 0 Å². The van der Waals surface area contributed by atoms with Crippen molar-refractivity contribution >= 4 is 28.4 Å². The summed E-state index contributed by atoms with van der Waals surface area (Å²) in [6.45, 7) is 7.15. The number of aromatic nitrogens is 1. The molecule has 3 heterocycles. The van der Waals surface area contributed by atoms with E-state index in [-0.39, 0.29) is 23.4 Å². The third-order valence-corrected chi connectivity index (χ3v) is 7.48. The molecule has 7 nitrogen and oxygen atoms in total. The predicted octanol–water partition coefficient (Wildman–Crippen LogP) is 3.88. The molecule has 2 amide bonds. The Balaban J connectivity index is 1.46. The van der Waals surface area contributed by atoms with Crippen molar-refractivity contribution in [2.24, 2.45) is 5.41 Å².